The van der Waals surface area contributed by atoms with Gasteiger partial charge in [0.05, 0.1) is 4.88 Å². The van der Waals surface area contributed by atoms with Crippen LogP contribution in [0.2, 0.25) is 0 Å². The second-order valence-corrected chi connectivity index (χ2v) is 7.87. The quantitative estimate of drug-likeness (QED) is 0.713. The van der Waals surface area contributed by atoms with E-state index in [0.717, 1.165) is 17.7 Å². The summed E-state index contributed by atoms with van der Waals surface area (Å²) in [6, 6.07) is 4.01. The smallest absolute Gasteiger partial charge is 0.220 e. The number of amides is 1. The SMILES string of the molecule is O=C(CCC(=O)c1cccs1)NC1CCCCCCCCCCC1. The lowest BCUT2D eigenvalue weighted by Gasteiger charge is -2.19. The lowest BCUT2D eigenvalue weighted by molar-refractivity contribution is -0.121. The monoisotopic (exact) mass is 349 g/mol. The number of nitrogens with one attached hydrogen (secondary N) is 1. The Morgan fingerprint density at radius 3 is 2.04 bits per heavy atom. The van der Waals surface area contributed by atoms with Crippen LogP contribution in [-0.2, 0) is 4.79 Å². The molecule has 3 nitrogen and oxygen atoms in total. The van der Waals surface area contributed by atoms with Gasteiger partial charge in [0.25, 0.3) is 0 Å². The molecule has 0 saturated heterocycles. The van der Waals surface area contributed by atoms with Crippen molar-refractivity contribution in [3.05, 3.63) is 22.4 Å². The lowest BCUT2D eigenvalue weighted by atomic mass is 9.98. The van der Waals surface area contributed by atoms with E-state index in [4.69, 9.17) is 0 Å². The largest absolute Gasteiger partial charge is 0.353 e. The summed E-state index contributed by atoms with van der Waals surface area (Å²) in [6.07, 6.45) is 14.6. The highest BCUT2D eigenvalue weighted by atomic mass is 32.1. The number of carbonyl (C=O) groups excluding carboxylic acids is 2. The van der Waals surface area contributed by atoms with E-state index in [1.165, 1.54) is 69.1 Å². The Balaban J connectivity index is 1.71. The van der Waals surface area contributed by atoms with E-state index < -0.39 is 0 Å². The van der Waals surface area contributed by atoms with Crippen molar-refractivity contribution in [1.82, 2.24) is 5.32 Å². The summed E-state index contributed by atoms with van der Waals surface area (Å²) in [5, 5.41) is 5.08. The number of ketones is 1. The van der Waals surface area contributed by atoms with Crippen molar-refractivity contribution in [2.24, 2.45) is 0 Å². The Labute approximate surface area is 150 Å². The Kier molecular flexibility index (Phi) is 9.11. The molecule has 1 aliphatic carbocycles. The van der Waals surface area contributed by atoms with E-state index in [-0.39, 0.29) is 11.7 Å². The van der Waals surface area contributed by atoms with Gasteiger partial charge in [-0.2, -0.15) is 0 Å². The molecule has 1 amide bonds. The van der Waals surface area contributed by atoms with Crippen molar-refractivity contribution in [3.63, 3.8) is 0 Å². The average Bonchev–Trinajstić information content (AvgIpc) is 3.10. The van der Waals surface area contributed by atoms with E-state index in [9.17, 15) is 9.59 Å². The zero-order chi connectivity index (χ0) is 17.0. The van der Waals surface area contributed by atoms with Crippen molar-refractivity contribution >= 4 is 23.0 Å². The first kappa shape index (κ1) is 19.2. The summed E-state index contributed by atoms with van der Waals surface area (Å²) in [6.45, 7) is 0. The number of hydrogen-bond donors (Lipinski definition) is 1. The normalized spacial score (nSPS) is 18.3. The third kappa shape index (κ3) is 7.61. The van der Waals surface area contributed by atoms with Crippen LogP contribution >= 0.6 is 11.3 Å². The fraction of sp³-hybridized carbons (Fsp3) is 0.700. The van der Waals surface area contributed by atoms with Gasteiger partial charge in [0.15, 0.2) is 5.78 Å². The second-order valence-electron chi connectivity index (χ2n) is 6.92. The van der Waals surface area contributed by atoms with Crippen LogP contribution in [0.5, 0.6) is 0 Å². The van der Waals surface area contributed by atoms with E-state index in [1.54, 1.807) is 0 Å². The maximum atomic E-state index is 12.2. The zero-order valence-electron chi connectivity index (χ0n) is 14.7. The topological polar surface area (TPSA) is 46.2 Å². The van der Waals surface area contributed by atoms with Gasteiger partial charge in [-0.05, 0) is 24.3 Å². The Bertz CT molecular complexity index is 472. The summed E-state index contributed by atoms with van der Waals surface area (Å²) in [5.41, 5.74) is 0. The van der Waals surface area contributed by atoms with E-state index in [0.29, 0.717) is 18.9 Å². The molecule has 1 fully saturated rings. The molecule has 1 N–H and O–H groups in total. The summed E-state index contributed by atoms with van der Waals surface area (Å²) < 4.78 is 0. The molecule has 0 spiro atoms. The molecule has 0 bridgehead atoms. The van der Waals surface area contributed by atoms with Gasteiger partial charge in [-0.25, -0.2) is 0 Å². The van der Waals surface area contributed by atoms with Gasteiger partial charge in [0.2, 0.25) is 5.91 Å². The molecule has 0 atom stereocenters. The Morgan fingerprint density at radius 1 is 0.917 bits per heavy atom. The molecule has 134 valence electrons. The lowest BCUT2D eigenvalue weighted by Crippen LogP contribution is -2.35. The van der Waals surface area contributed by atoms with Crippen LogP contribution in [0.25, 0.3) is 0 Å². The first-order chi connectivity index (χ1) is 11.8. The Hall–Kier alpha value is -1.16. The van der Waals surface area contributed by atoms with E-state index >= 15 is 0 Å². The molecule has 0 unspecified atom stereocenters. The molecular formula is C20H31NO2S. The minimum Gasteiger partial charge on any atom is -0.353 e. The van der Waals surface area contributed by atoms with Crippen molar-refractivity contribution in [2.75, 3.05) is 0 Å². The van der Waals surface area contributed by atoms with Gasteiger partial charge in [-0.15, -0.1) is 11.3 Å². The fourth-order valence-electron chi connectivity index (χ4n) is 3.39. The molecule has 1 heterocycles. The number of hydrogen-bond acceptors (Lipinski definition) is 3. The van der Waals surface area contributed by atoms with Crippen molar-refractivity contribution in [2.45, 2.75) is 89.5 Å². The molecule has 1 saturated carbocycles. The van der Waals surface area contributed by atoms with Crippen molar-refractivity contribution < 1.29 is 9.59 Å². The number of thiophene rings is 1. The number of Topliss-reactive ketones (excluding diaryl/α,β-unsaturated/α-hetero) is 1. The molecule has 1 aliphatic rings. The Morgan fingerprint density at radius 2 is 1.50 bits per heavy atom. The summed E-state index contributed by atoms with van der Waals surface area (Å²) >= 11 is 1.45. The van der Waals surface area contributed by atoms with Crippen LogP contribution < -0.4 is 5.32 Å². The minimum absolute atomic E-state index is 0.0389. The highest BCUT2D eigenvalue weighted by Crippen LogP contribution is 2.17. The van der Waals surface area contributed by atoms with Crippen molar-refractivity contribution in [1.29, 1.82) is 0 Å². The highest BCUT2D eigenvalue weighted by molar-refractivity contribution is 7.12. The minimum atomic E-state index is 0.0389. The van der Waals surface area contributed by atoms with Gasteiger partial charge in [0, 0.05) is 18.9 Å². The maximum absolute atomic E-state index is 12.2. The molecule has 1 aromatic rings. The molecule has 24 heavy (non-hydrogen) atoms. The van der Waals surface area contributed by atoms with Gasteiger partial charge in [-0.3, -0.25) is 9.59 Å². The first-order valence-electron chi connectivity index (χ1n) is 9.62. The third-order valence-corrected chi connectivity index (χ3v) is 5.76. The summed E-state index contributed by atoms with van der Waals surface area (Å²) in [5.74, 6) is 0.121. The molecule has 0 radical (unpaired) electrons. The standard InChI is InChI=1S/C20H31NO2S/c22-18(19-13-10-16-24-19)14-15-20(23)21-17-11-8-6-4-2-1-3-5-7-9-12-17/h10,13,16-17H,1-9,11-12,14-15H2,(H,21,23). The van der Waals surface area contributed by atoms with Gasteiger partial charge in [-0.1, -0.05) is 63.9 Å². The number of carbonyl (C=O) groups is 2. The van der Waals surface area contributed by atoms with Crippen LogP contribution in [-0.4, -0.2) is 17.7 Å². The first-order valence-corrected chi connectivity index (χ1v) is 10.5. The van der Waals surface area contributed by atoms with E-state index in [2.05, 4.69) is 5.32 Å². The van der Waals surface area contributed by atoms with Crippen LogP contribution in [0.3, 0.4) is 0 Å². The maximum Gasteiger partial charge on any atom is 0.220 e. The molecular weight excluding hydrogens is 318 g/mol. The van der Waals surface area contributed by atoms with Gasteiger partial charge < -0.3 is 5.32 Å². The van der Waals surface area contributed by atoms with Crippen LogP contribution in [0.4, 0.5) is 0 Å². The highest BCUT2D eigenvalue weighted by Gasteiger charge is 2.15. The van der Waals surface area contributed by atoms with Crippen LogP contribution in [0, 0.1) is 0 Å². The third-order valence-electron chi connectivity index (χ3n) is 4.85. The van der Waals surface area contributed by atoms with Gasteiger partial charge >= 0.3 is 0 Å². The molecule has 4 heteroatoms. The van der Waals surface area contributed by atoms with Crippen LogP contribution in [0.1, 0.15) is 93.1 Å². The predicted molar refractivity (Wildman–Crippen MR) is 101 cm³/mol. The van der Waals surface area contributed by atoms with E-state index in [1.807, 2.05) is 17.5 Å². The molecule has 0 aliphatic heterocycles. The molecule has 0 aromatic carbocycles. The second kappa shape index (κ2) is 11.4. The average molecular weight is 350 g/mol. The number of rotatable bonds is 5. The predicted octanol–water partition coefficient (Wildman–Crippen LogP) is 5.50. The van der Waals surface area contributed by atoms with Crippen molar-refractivity contribution in [3.8, 4) is 0 Å². The fourth-order valence-corrected chi connectivity index (χ4v) is 4.09. The van der Waals surface area contributed by atoms with Crippen LogP contribution in [0.15, 0.2) is 17.5 Å². The zero-order valence-corrected chi connectivity index (χ0v) is 15.5. The molecule has 1 aromatic heterocycles. The van der Waals surface area contributed by atoms with Gasteiger partial charge in [0.1, 0.15) is 0 Å². The summed E-state index contributed by atoms with van der Waals surface area (Å²) in [7, 11) is 0. The summed E-state index contributed by atoms with van der Waals surface area (Å²) in [4.78, 5) is 24.9. The molecule has 2 rings (SSSR count).